The van der Waals surface area contributed by atoms with Gasteiger partial charge in [0.25, 0.3) is 11.8 Å². The van der Waals surface area contributed by atoms with Gasteiger partial charge in [-0.05, 0) is 55.0 Å². The maximum absolute atomic E-state index is 13.7. The van der Waals surface area contributed by atoms with Crippen molar-refractivity contribution in [1.29, 1.82) is 0 Å². The van der Waals surface area contributed by atoms with E-state index in [2.05, 4.69) is 25.7 Å². The first-order chi connectivity index (χ1) is 15.9. The van der Waals surface area contributed by atoms with Crippen LogP contribution >= 0.6 is 0 Å². The maximum atomic E-state index is 13.7. The number of rotatable bonds is 7. The molecule has 0 bridgehead atoms. The molecule has 2 aromatic carbocycles. The van der Waals surface area contributed by atoms with Gasteiger partial charge in [-0.25, -0.2) is 4.90 Å². The average molecular weight is 449 g/mol. The van der Waals surface area contributed by atoms with Gasteiger partial charge in [0.15, 0.2) is 0 Å². The number of carbonyl (C=O) groups is 2. The first-order valence-corrected chi connectivity index (χ1v) is 11.6. The monoisotopic (exact) mass is 448 g/mol. The highest BCUT2D eigenvalue weighted by Gasteiger charge is 2.43. The number of methoxy groups -OCH3 is 1. The molecule has 1 saturated heterocycles. The predicted molar refractivity (Wildman–Crippen MR) is 129 cm³/mol. The summed E-state index contributed by atoms with van der Waals surface area (Å²) in [6, 6.07) is 14.5. The summed E-state index contributed by atoms with van der Waals surface area (Å²) in [5.74, 6) is 1.71. The number of amides is 2. The lowest BCUT2D eigenvalue weighted by Gasteiger charge is -2.32. The van der Waals surface area contributed by atoms with Crippen LogP contribution < -0.4 is 14.4 Å². The number of nitrogens with zero attached hydrogens (tertiary/aromatic N) is 2. The SMILES string of the molecule is COc1ccccc1C1=C(N2CCC(C)CC2)C(=O)N(c2ccc(OCC(C)C)cc2)C1=O. The van der Waals surface area contributed by atoms with E-state index in [9.17, 15) is 9.59 Å². The molecular formula is C27H32N2O4. The molecular weight excluding hydrogens is 416 g/mol. The van der Waals surface area contributed by atoms with Crippen molar-refractivity contribution < 1.29 is 19.1 Å². The Bertz CT molecular complexity index is 1050. The van der Waals surface area contributed by atoms with Crippen LogP contribution in [0.3, 0.4) is 0 Å². The number of benzene rings is 2. The van der Waals surface area contributed by atoms with Gasteiger partial charge in [-0.3, -0.25) is 9.59 Å². The molecule has 0 radical (unpaired) electrons. The summed E-state index contributed by atoms with van der Waals surface area (Å²) in [5.41, 5.74) is 2.06. The van der Waals surface area contributed by atoms with E-state index < -0.39 is 0 Å². The molecule has 174 valence electrons. The molecule has 0 aliphatic carbocycles. The molecule has 33 heavy (non-hydrogen) atoms. The highest BCUT2D eigenvalue weighted by Crippen LogP contribution is 2.39. The van der Waals surface area contributed by atoms with Gasteiger partial charge in [-0.1, -0.05) is 39.0 Å². The molecule has 6 nitrogen and oxygen atoms in total. The Kier molecular flexibility index (Phi) is 6.72. The smallest absolute Gasteiger partial charge is 0.282 e. The minimum Gasteiger partial charge on any atom is -0.496 e. The van der Waals surface area contributed by atoms with Crippen LogP contribution in [0.1, 0.15) is 39.2 Å². The fourth-order valence-electron chi connectivity index (χ4n) is 4.33. The molecule has 2 aromatic rings. The van der Waals surface area contributed by atoms with Gasteiger partial charge in [0.2, 0.25) is 0 Å². The molecule has 6 heteroatoms. The van der Waals surface area contributed by atoms with Crippen LogP contribution in [0, 0.1) is 11.8 Å². The number of anilines is 1. The van der Waals surface area contributed by atoms with Crippen molar-refractivity contribution in [2.45, 2.75) is 33.6 Å². The molecule has 4 rings (SSSR count). The Balaban J connectivity index is 1.72. The third kappa shape index (κ3) is 4.61. The van der Waals surface area contributed by atoms with Crippen LogP contribution in [-0.4, -0.2) is 43.5 Å². The van der Waals surface area contributed by atoms with Gasteiger partial charge in [0.1, 0.15) is 17.2 Å². The first-order valence-electron chi connectivity index (χ1n) is 11.6. The second-order valence-corrected chi connectivity index (χ2v) is 9.24. The van der Waals surface area contributed by atoms with Crippen LogP contribution in [-0.2, 0) is 9.59 Å². The topological polar surface area (TPSA) is 59.1 Å². The Morgan fingerprint density at radius 1 is 0.970 bits per heavy atom. The fourth-order valence-corrected chi connectivity index (χ4v) is 4.33. The predicted octanol–water partition coefficient (Wildman–Crippen LogP) is 4.75. The minimum absolute atomic E-state index is 0.286. The summed E-state index contributed by atoms with van der Waals surface area (Å²) in [4.78, 5) is 30.8. The van der Waals surface area contributed by atoms with E-state index in [1.165, 1.54) is 4.90 Å². The highest BCUT2D eigenvalue weighted by molar-refractivity contribution is 6.45. The fraction of sp³-hybridized carbons (Fsp3) is 0.407. The molecule has 0 N–H and O–H groups in total. The Hall–Kier alpha value is -3.28. The second kappa shape index (κ2) is 9.69. The lowest BCUT2D eigenvalue weighted by Crippen LogP contribution is -2.38. The summed E-state index contributed by atoms with van der Waals surface area (Å²) in [5, 5.41) is 0. The van der Waals surface area contributed by atoms with E-state index in [1.807, 2.05) is 36.4 Å². The molecule has 2 aliphatic heterocycles. The first kappa shape index (κ1) is 22.9. The summed E-state index contributed by atoms with van der Waals surface area (Å²) >= 11 is 0. The zero-order valence-electron chi connectivity index (χ0n) is 19.8. The molecule has 2 heterocycles. The zero-order valence-corrected chi connectivity index (χ0v) is 19.8. The quantitative estimate of drug-likeness (QED) is 0.573. The van der Waals surface area contributed by atoms with Crippen molar-refractivity contribution in [3.63, 3.8) is 0 Å². The van der Waals surface area contributed by atoms with E-state index >= 15 is 0 Å². The molecule has 1 fully saturated rings. The van der Waals surface area contributed by atoms with Crippen LogP contribution in [0.2, 0.25) is 0 Å². The van der Waals surface area contributed by atoms with Crippen LogP contribution in [0.25, 0.3) is 5.57 Å². The van der Waals surface area contributed by atoms with E-state index in [-0.39, 0.29) is 11.8 Å². The van der Waals surface area contributed by atoms with E-state index in [0.29, 0.717) is 46.7 Å². The van der Waals surface area contributed by atoms with E-state index in [4.69, 9.17) is 9.47 Å². The summed E-state index contributed by atoms with van der Waals surface area (Å²) in [6.07, 6.45) is 1.98. The molecule has 0 atom stereocenters. The largest absolute Gasteiger partial charge is 0.496 e. The van der Waals surface area contributed by atoms with E-state index in [0.717, 1.165) is 31.7 Å². The Labute approximate surface area is 195 Å². The molecule has 0 spiro atoms. The summed E-state index contributed by atoms with van der Waals surface area (Å²) in [6.45, 7) is 8.52. The minimum atomic E-state index is -0.325. The molecule has 2 aliphatic rings. The lowest BCUT2D eigenvalue weighted by atomic mass is 9.97. The van der Waals surface area contributed by atoms with E-state index in [1.54, 1.807) is 19.2 Å². The van der Waals surface area contributed by atoms with Gasteiger partial charge >= 0.3 is 0 Å². The number of carbonyl (C=O) groups excluding carboxylic acids is 2. The second-order valence-electron chi connectivity index (χ2n) is 9.24. The third-order valence-corrected chi connectivity index (χ3v) is 6.21. The standard InChI is InChI=1S/C27H32N2O4/c1-18(2)17-33-21-11-9-20(10-12-21)29-26(30)24(22-7-5-6-8-23(22)32-4)25(27(29)31)28-15-13-19(3)14-16-28/h5-12,18-19H,13-17H2,1-4H3. The number of para-hydroxylation sites is 1. The van der Waals surface area contributed by atoms with Gasteiger partial charge in [-0.15, -0.1) is 0 Å². The van der Waals surface area contributed by atoms with Crippen molar-refractivity contribution in [3.05, 3.63) is 59.8 Å². The van der Waals surface area contributed by atoms with Crippen molar-refractivity contribution >= 4 is 23.1 Å². The number of imide groups is 1. The Morgan fingerprint density at radius 2 is 1.64 bits per heavy atom. The highest BCUT2D eigenvalue weighted by atomic mass is 16.5. The van der Waals surface area contributed by atoms with Gasteiger partial charge < -0.3 is 14.4 Å². The van der Waals surface area contributed by atoms with Crippen LogP contribution in [0.15, 0.2) is 54.2 Å². The van der Waals surface area contributed by atoms with Crippen molar-refractivity contribution in [3.8, 4) is 11.5 Å². The Morgan fingerprint density at radius 3 is 2.27 bits per heavy atom. The number of hydrogen-bond donors (Lipinski definition) is 0. The number of piperidine rings is 1. The normalized spacial score (nSPS) is 17.4. The van der Waals surface area contributed by atoms with Crippen LogP contribution in [0.5, 0.6) is 11.5 Å². The summed E-state index contributed by atoms with van der Waals surface area (Å²) < 4.78 is 11.3. The molecule has 0 unspecified atom stereocenters. The van der Waals surface area contributed by atoms with Gasteiger partial charge in [-0.2, -0.15) is 0 Å². The average Bonchev–Trinajstić information content (AvgIpc) is 3.08. The van der Waals surface area contributed by atoms with Gasteiger partial charge in [0.05, 0.1) is 25.0 Å². The molecule has 0 aromatic heterocycles. The van der Waals surface area contributed by atoms with Crippen molar-refractivity contribution in [2.24, 2.45) is 11.8 Å². The number of likely N-dealkylation sites (tertiary alicyclic amines) is 1. The lowest BCUT2D eigenvalue weighted by molar-refractivity contribution is -0.120. The van der Waals surface area contributed by atoms with Gasteiger partial charge in [0, 0.05) is 18.7 Å². The number of hydrogen-bond acceptors (Lipinski definition) is 5. The molecule has 2 amide bonds. The molecule has 0 saturated carbocycles. The summed E-state index contributed by atoms with van der Waals surface area (Å²) in [7, 11) is 1.58. The van der Waals surface area contributed by atoms with Crippen molar-refractivity contribution in [1.82, 2.24) is 4.90 Å². The van der Waals surface area contributed by atoms with Crippen LogP contribution in [0.4, 0.5) is 5.69 Å². The third-order valence-electron chi connectivity index (χ3n) is 6.21. The maximum Gasteiger partial charge on any atom is 0.282 e. The number of ether oxygens (including phenoxy) is 2. The van der Waals surface area contributed by atoms with Crippen molar-refractivity contribution in [2.75, 3.05) is 31.7 Å². The zero-order chi connectivity index (χ0) is 23.5.